The van der Waals surface area contributed by atoms with Crippen molar-refractivity contribution in [2.24, 2.45) is 0 Å². The predicted octanol–water partition coefficient (Wildman–Crippen LogP) is 1.57. The number of carboxylic acids is 1. The maximum Gasteiger partial charge on any atom is 0.320 e. The molecule has 5 heteroatoms. The molecule has 1 unspecified atom stereocenters. The van der Waals surface area contributed by atoms with E-state index in [-0.39, 0.29) is 12.5 Å². The van der Waals surface area contributed by atoms with Gasteiger partial charge in [0, 0.05) is 13.1 Å². The van der Waals surface area contributed by atoms with Crippen LogP contribution in [-0.4, -0.2) is 59.0 Å². The van der Waals surface area contributed by atoms with Crippen molar-refractivity contribution in [3.63, 3.8) is 0 Å². The van der Waals surface area contributed by atoms with Crippen molar-refractivity contribution in [1.82, 2.24) is 9.80 Å². The SMILES string of the molecule is CCN(CC)C(=O)CN1CCCCCCC1C(=O)O. The van der Waals surface area contributed by atoms with Crippen molar-refractivity contribution >= 4 is 11.9 Å². The first kappa shape index (κ1) is 16.0. The molecule has 1 aliphatic heterocycles. The minimum Gasteiger partial charge on any atom is -0.480 e. The Hall–Kier alpha value is -1.10. The summed E-state index contributed by atoms with van der Waals surface area (Å²) in [4.78, 5) is 27.1. The second kappa shape index (κ2) is 8.15. The van der Waals surface area contributed by atoms with Crippen LogP contribution < -0.4 is 0 Å². The molecule has 0 aromatic carbocycles. The van der Waals surface area contributed by atoms with E-state index in [1.165, 1.54) is 0 Å². The highest BCUT2D eigenvalue weighted by atomic mass is 16.4. The quantitative estimate of drug-likeness (QED) is 0.824. The van der Waals surface area contributed by atoms with E-state index in [9.17, 15) is 14.7 Å². The average molecular weight is 270 g/mol. The van der Waals surface area contributed by atoms with Gasteiger partial charge in [-0.25, -0.2) is 0 Å². The molecule has 0 aromatic rings. The molecule has 0 bridgehead atoms. The summed E-state index contributed by atoms with van der Waals surface area (Å²) >= 11 is 0. The number of carboxylic acid groups (broad SMARTS) is 1. The number of aliphatic carboxylic acids is 1. The number of hydrogen-bond donors (Lipinski definition) is 1. The predicted molar refractivity (Wildman–Crippen MR) is 74.0 cm³/mol. The van der Waals surface area contributed by atoms with Crippen molar-refractivity contribution in [2.75, 3.05) is 26.2 Å². The Bertz CT molecular complexity index is 303. The molecule has 19 heavy (non-hydrogen) atoms. The Balaban J connectivity index is 2.68. The van der Waals surface area contributed by atoms with E-state index in [0.29, 0.717) is 26.1 Å². The Morgan fingerprint density at radius 3 is 2.37 bits per heavy atom. The summed E-state index contributed by atoms with van der Waals surface area (Å²) in [7, 11) is 0. The second-order valence-electron chi connectivity index (χ2n) is 5.09. The van der Waals surface area contributed by atoms with Gasteiger partial charge in [-0.15, -0.1) is 0 Å². The molecule has 0 spiro atoms. The van der Waals surface area contributed by atoms with Gasteiger partial charge in [-0.05, 0) is 33.2 Å². The molecule has 5 nitrogen and oxygen atoms in total. The molecule has 0 radical (unpaired) electrons. The highest BCUT2D eigenvalue weighted by Gasteiger charge is 2.28. The Labute approximate surface area is 115 Å². The van der Waals surface area contributed by atoms with Crippen molar-refractivity contribution < 1.29 is 14.7 Å². The molecular weight excluding hydrogens is 244 g/mol. The monoisotopic (exact) mass is 270 g/mol. The first-order valence-corrected chi connectivity index (χ1v) is 7.34. The second-order valence-corrected chi connectivity index (χ2v) is 5.09. The molecule has 1 aliphatic rings. The van der Waals surface area contributed by atoms with E-state index < -0.39 is 12.0 Å². The third-order valence-corrected chi connectivity index (χ3v) is 3.85. The van der Waals surface area contributed by atoms with E-state index in [4.69, 9.17) is 0 Å². The molecule has 1 rings (SSSR count). The zero-order chi connectivity index (χ0) is 14.3. The van der Waals surface area contributed by atoms with E-state index >= 15 is 0 Å². The molecule has 1 atom stereocenters. The number of nitrogens with zero attached hydrogens (tertiary/aromatic N) is 2. The zero-order valence-corrected chi connectivity index (χ0v) is 12.1. The third-order valence-electron chi connectivity index (χ3n) is 3.85. The van der Waals surface area contributed by atoms with Crippen LogP contribution in [0.5, 0.6) is 0 Å². The van der Waals surface area contributed by atoms with Crippen LogP contribution in [0.2, 0.25) is 0 Å². The van der Waals surface area contributed by atoms with E-state index in [1.54, 1.807) is 4.90 Å². The van der Waals surface area contributed by atoms with Gasteiger partial charge in [0.25, 0.3) is 0 Å². The van der Waals surface area contributed by atoms with Gasteiger partial charge in [0.1, 0.15) is 6.04 Å². The summed E-state index contributed by atoms with van der Waals surface area (Å²) in [5.41, 5.74) is 0. The number of carbonyl (C=O) groups is 2. The average Bonchev–Trinajstić information content (AvgIpc) is 2.33. The highest BCUT2D eigenvalue weighted by molar-refractivity contribution is 5.80. The van der Waals surface area contributed by atoms with Gasteiger partial charge in [0.2, 0.25) is 5.91 Å². The summed E-state index contributed by atoms with van der Waals surface area (Å²) in [5, 5.41) is 9.32. The molecule has 1 fully saturated rings. The minimum atomic E-state index is -0.797. The number of hydrogen-bond acceptors (Lipinski definition) is 3. The van der Waals surface area contributed by atoms with Crippen LogP contribution in [0, 0.1) is 0 Å². The maximum absolute atomic E-state index is 12.1. The Morgan fingerprint density at radius 2 is 1.79 bits per heavy atom. The molecular formula is C14H26N2O3. The lowest BCUT2D eigenvalue weighted by Crippen LogP contribution is -2.48. The Morgan fingerprint density at radius 1 is 1.16 bits per heavy atom. The number of amides is 1. The van der Waals surface area contributed by atoms with Crippen LogP contribution in [0.25, 0.3) is 0 Å². The first-order valence-electron chi connectivity index (χ1n) is 7.34. The molecule has 0 aliphatic carbocycles. The third kappa shape index (κ3) is 4.82. The summed E-state index contributed by atoms with van der Waals surface area (Å²) in [6.45, 7) is 6.21. The molecule has 0 aromatic heterocycles. The molecule has 1 saturated heterocycles. The van der Waals surface area contributed by atoms with Gasteiger partial charge in [-0.3, -0.25) is 14.5 Å². The van der Waals surface area contributed by atoms with Gasteiger partial charge in [0.05, 0.1) is 6.54 Å². The standard InChI is InChI=1S/C14H26N2O3/c1-3-15(4-2)13(17)11-16-10-8-6-5-7-9-12(16)14(18)19/h12H,3-11H2,1-2H3,(H,18,19). The maximum atomic E-state index is 12.1. The fourth-order valence-corrected chi connectivity index (χ4v) is 2.66. The number of rotatable bonds is 5. The van der Waals surface area contributed by atoms with Gasteiger partial charge < -0.3 is 10.0 Å². The molecule has 1 N–H and O–H groups in total. The topological polar surface area (TPSA) is 60.9 Å². The van der Waals surface area contributed by atoms with E-state index in [1.807, 2.05) is 18.7 Å². The minimum absolute atomic E-state index is 0.0387. The lowest BCUT2D eigenvalue weighted by molar-refractivity contribution is -0.145. The smallest absolute Gasteiger partial charge is 0.320 e. The fraction of sp³-hybridized carbons (Fsp3) is 0.857. The first-order chi connectivity index (χ1) is 9.10. The van der Waals surface area contributed by atoms with Crippen LogP contribution in [0.15, 0.2) is 0 Å². The van der Waals surface area contributed by atoms with Crippen LogP contribution in [0.1, 0.15) is 46.0 Å². The van der Waals surface area contributed by atoms with Crippen molar-refractivity contribution in [2.45, 2.75) is 52.0 Å². The summed E-state index contributed by atoms with van der Waals surface area (Å²) in [6, 6.07) is -0.500. The Kier molecular flexibility index (Phi) is 6.84. The molecule has 1 amide bonds. The van der Waals surface area contributed by atoms with Crippen LogP contribution >= 0.6 is 0 Å². The van der Waals surface area contributed by atoms with Crippen LogP contribution in [0.3, 0.4) is 0 Å². The van der Waals surface area contributed by atoms with E-state index in [0.717, 1.165) is 25.7 Å². The fourth-order valence-electron chi connectivity index (χ4n) is 2.66. The molecule has 1 heterocycles. The van der Waals surface area contributed by atoms with Crippen molar-refractivity contribution in [1.29, 1.82) is 0 Å². The van der Waals surface area contributed by atoms with Crippen LogP contribution in [-0.2, 0) is 9.59 Å². The van der Waals surface area contributed by atoms with Gasteiger partial charge in [-0.2, -0.15) is 0 Å². The van der Waals surface area contributed by atoms with Gasteiger partial charge in [0.15, 0.2) is 0 Å². The largest absolute Gasteiger partial charge is 0.480 e. The number of likely N-dealkylation sites (N-methyl/N-ethyl adjacent to an activating group) is 1. The van der Waals surface area contributed by atoms with E-state index in [2.05, 4.69) is 0 Å². The molecule has 110 valence electrons. The van der Waals surface area contributed by atoms with Crippen molar-refractivity contribution in [3.8, 4) is 0 Å². The van der Waals surface area contributed by atoms with Gasteiger partial charge >= 0.3 is 5.97 Å². The van der Waals surface area contributed by atoms with Crippen molar-refractivity contribution in [3.05, 3.63) is 0 Å². The highest BCUT2D eigenvalue weighted by Crippen LogP contribution is 2.17. The lowest BCUT2D eigenvalue weighted by Gasteiger charge is -2.31. The zero-order valence-electron chi connectivity index (χ0n) is 12.1. The molecule has 0 saturated carbocycles. The number of likely N-dealkylation sites (tertiary alicyclic amines) is 1. The number of carbonyl (C=O) groups excluding carboxylic acids is 1. The summed E-state index contributed by atoms with van der Waals surface area (Å²) in [6.07, 6.45) is 4.80. The lowest BCUT2D eigenvalue weighted by atomic mass is 10.0. The summed E-state index contributed by atoms with van der Waals surface area (Å²) in [5.74, 6) is -0.758. The summed E-state index contributed by atoms with van der Waals surface area (Å²) < 4.78 is 0. The van der Waals surface area contributed by atoms with Crippen LogP contribution in [0.4, 0.5) is 0 Å². The van der Waals surface area contributed by atoms with Gasteiger partial charge in [-0.1, -0.05) is 19.3 Å². The normalized spacial score (nSPS) is 21.5.